The van der Waals surface area contributed by atoms with Gasteiger partial charge in [0.25, 0.3) is 0 Å². The Morgan fingerprint density at radius 1 is 1.24 bits per heavy atom. The average Bonchev–Trinajstić information content (AvgIpc) is 2.32. The van der Waals surface area contributed by atoms with Crippen LogP contribution in [0.1, 0.15) is 33.1 Å². The smallest absolute Gasteiger partial charge is 0.158 e. The molecule has 0 bridgehead atoms. The van der Waals surface area contributed by atoms with Gasteiger partial charge in [-0.2, -0.15) is 0 Å². The molecule has 1 rings (SSSR count). The van der Waals surface area contributed by atoms with E-state index >= 15 is 0 Å². The summed E-state index contributed by atoms with van der Waals surface area (Å²) in [4.78, 5) is 0. The molecule has 1 N–H and O–H groups in total. The molecule has 1 heterocycles. The summed E-state index contributed by atoms with van der Waals surface area (Å²) in [7, 11) is -0.571. The molecule has 0 radical (unpaired) electrons. The highest BCUT2D eigenvalue weighted by atomic mass is 32.2. The van der Waals surface area contributed by atoms with E-state index in [0.29, 0.717) is 19.3 Å². The highest BCUT2D eigenvalue weighted by Gasteiger charge is 2.17. The lowest BCUT2D eigenvalue weighted by molar-refractivity contribution is -0.138. The molecule has 1 saturated heterocycles. The number of rotatable bonds is 8. The van der Waals surface area contributed by atoms with Crippen molar-refractivity contribution in [1.29, 1.82) is 0 Å². The van der Waals surface area contributed by atoms with E-state index in [1.165, 1.54) is 0 Å². The van der Waals surface area contributed by atoms with Crippen molar-refractivity contribution in [2.45, 2.75) is 45.4 Å². The normalized spacial score (nSPS) is 25.4. The summed E-state index contributed by atoms with van der Waals surface area (Å²) >= 11 is 0. The Morgan fingerprint density at radius 2 is 1.82 bits per heavy atom. The van der Waals surface area contributed by atoms with Crippen molar-refractivity contribution < 1.29 is 13.7 Å². The number of nitrogens with one attached hydrogen (secondary N) is 1. The van der Waals surface area contributed by atoms with Gasteiger partial charge in [0.2, 0.25) is 0 Å². The van der Waals surface area contributed by atoms with Crippen LogP contribution in [-0.4, -0.2) is 47.8 Å². The minimum atomic E-state index is -0.571. The molecule has 0 amide bonds. The van der Waals surface area contributed by atoms with Crippen molar-refractivity contribution in [2.24, 2.45) is 0 Å². The molecule has 0 atom stereocenters. The van der Waals surface area contributed by atoms with Crippen molar-refractivity contribution in [3.8, 4) is 0 Å². The fourth-order valence-corrected chi connectivity index (χ4v) is 3.29. The molecule has 0 aliphatic carbocycles. The fraction of sp³-hybridized carbons (Fsp3) is 1.00. The molecule has 0 aromatic heterocycles. The monoisotopic (exact) mass is 263 g/mol. The maximum absolute atomic E-state index is 11.2. The Balaban J connectivity index is 2.10. The SMILES string of the molecule is CCOC(CCNC1CCS(=O)CC1)OCC. The van der Waals surface area contributed by atoms with Crippen molar-refractivity contribution in [3.05, 3.63) is 0 Å². The number of hydrogen-bond acceptors (Lipinski definition) is 4. The Kier molecular flexibility index (Phi) is 8.01. The zero-order valence-electron chi connectivity index (χ0n) is 10.9. The van der Waals surface area contributed by atoms with E-state index in [1.807, 2.05) is 13.8 Å². The molecule has 1 aliphatic rings. The summed E-state index contributed by atoms with van der Waals surface area (Å²) in [6.45, 7) is 6.24. The van der Waals surface area contributed by atoms with Crippen LogP contribution in [0.15, 0.2) is 0 Å². The number of ether oxygens (including phenoxy) is 2. The zero-order chi connectivity index (χ0) is 12.5. The van der Waals surface area contributed by atoms with Gasteiger partial charge in [-0.1, -0.05) is 0 Å². The largest absolute Gasteiger partial charge is 0.353 e. The minimum Gasteiger partial charge on any atom is -0.353 e. The van der Waals surface area contributed by atoms with Gasteiger partial charge in [-0.05, 0) is 26.7 Å². The Labute approximate surface area is 107 Å². The van der Waals surface area contributed by atoms with Gasteiger partial charge in [0, 0.05) is 54.5 Å². The van der Waals surface area contributed by atoms with Gasteiger partial charge in [-0.25, -0.2) is 0 Å². The van der Waals surface area contributed by atoms with E-state index < -0.39 is 10.8 Å². The van der Waals surface area contributed by atoms with Crippen LogP contribution in [0.3, 0.4) is 0 Å². The lowest BCUT2D eigenvalue weighted by atomic mass is 10.1. The summed E-state index contributed by atoms with van der Waals surface area (Å²) in [6, 6.07) is 0.525. The van der Waals surface area contributed by atoms with E-state index in [1.54, 1.807) is 0 Å². The van der Waals surface area contributed by atoms with E-state index in [-0.39, 0.29) is 6.29 Å². The molecule has 0 aromatic carbocycles. The minimum absolute atomic E-state index is 0.0878. The van der Waals surface area contributed by atoms with Gasteiger partial charge in [-0.3, -0.25) is 4.21 Å². The van der Waals surface area contributed by atoms with Crippen LogP contribution in [-0.2, 0) is 20.3 Å². The molecule has 0 saturated carbocycles. The van der Waals surface area contributed by atoms with E-state index in [0.717, 1.165) is 37.3 Å². The Bertz CT molecular complexity index is 210. The van der Waals surface area contributed by atoms with Crippen LogP contribution in [0.25, 0.3) is 0 Å². The number of hydrogen-bond donors (Lipinski definition) is 1. The quantitative estimate of drug-likeness (QED) is 0.670. The fourth-order valence-electron chi connectivity index (χ4n) is 1.99. The summed E-state index contributed by atoms with van der Waals surface area (Å²) in [6.07, 6.45) is 2.85. The first-order chi connectivity index (χ1) is 8.26. The second-order valence-corrected chi connectivity index (χ2v) is 5.90. The third-order valence-electron chi connectivity index (χ3n) is 2.91. The third kappa shape index (κ3) is 6.50. The molecule has 4 nitrogen and oxygen atoms in total. The van der Waals surface area contributed by atoms with E-state index in [2.05, 4.69) is 5.32 Å². The van der Waals surface area contributed by atoms with Gasteiger partial charge < -0.3 is 14.8 Å². The zero-order valence-corrected chi connectivity index (χ0v) is 11.8. The Hall–Kier alpha value is 0.0300. The van der Waals surface area contributed by atoms with Crippen molar-refractivity contribution in [1.82, 2.24) is 5.32 Å². The molecular weight excluding hydrogens is 238 g/mol. The van der Waals surface area contributed by atoms with Gasteiger partial charge in [0.15, 0.2) is 6.29 Å². The maximum Gasteiger partial charge on any atom is 0.158 e. The first-order valence-corrected chi connectivity index (χ1v) is 8.06. The molecule has 0 aromatic rings. The molecule has 102 valence electrons. The molecule has 0 spiro atoms. The maximum atomic E-state index is 11.2. The summed E-state index contributed by atoms with van der Waals surface area (Å²) in [5, 5.41) is 3.49. The summed E-state index contributed by atoms with van der Waals surface area (Å²) in [5.41, 5.74) is 0. The molecule has 17 heavy (non-hydrogen) atoms. The highest BCUT2D eigenvalue weighted by Crippen LogP contribution is 2.09. The van der Waals surface area contributed by atoms with Crippen LogP contribution >= 0.6 is 0 Å². The predicted molar refractivity (Wildman–Crippen MR) is 70.6 cm³/mol. The van der Waals surface area contributed by atoms with Gasteiger partial charge in [0.1, 0.15) is 0 Å². The van der Waals surface area contributed by atoms with Crippen molar-refractivity contribution in [3.63, 3.8) is 0 Å². The van der Waals surface area contributed by atoms with Gasteiger partial charge >= 0.3 is 0 Å². The third-order valence-corrected chi connectivity index (χ3v) is 4.29. The van der Waals surface area contributed by atoms with Gasteiger partial charge in [-0.15, -0.1) is 0 Å². The topological polar surface area (TPSA) is 47.6 Å². The van der Waals surface area contributed by atoms with E-state index in [9.17, 15) is 4.21 Å². The molecule has 1 fully saturated rings. The first-order valence-electron chi connectivity index (χ1n) is 6.57. The highest BCUT2D eigenvalue weighted by molar-refractivity contribution is 7.85. The van der Waals surface area contributed by atoms with Crippen LogP contribution in [0.5, 0.6) is 0 Å². The standard InChI is InChI=1S/C12H25NO3S/c1-3-15-12(16-4-2)5-8-13-11-6-9-17(14)10-7-11/h11-13H,3-10H2,1-2H3. The lowest BCUT2D eigenvalue weighted by Gasteiger charge is -2.24. The van der Waals surface area contributed by atoms with Crippen LogP contribution in [0, 0.1) is 0 Å². The molecular formula is C12H25NO3S. The first kappa shape index (κ1) is 15.1. The van der Waals surface area contributed by atoms with Crippen molar-refractivity contribution >= 4 is 10.8 Å². The van der Waals surface area contributed by atoms with Crippen LogP contribution in [0.2, 0.25) is 0 Å². The van der Waals surface area contributed by atoms with E-state index in [4.69, 9.17) is 9.47 Å². The van der Waals surface area contributed by atoms with Gasteiger partial charge in [0.05, 0.1) is 0 Å². The second kappa shape index (κ2) is 9.03. The molecule has 5 heteroatoms. The second-order valence-electron chi connectivity index (χ2n) is 4.21. The Morgan fingerprint density at radius 3 is 2.35 bits per heavy atom. The average molecular weight is 263 g/mol. The predicted octanol–water partition coefficient (Wildman–Crippen LogP) is 1.28. The van der Waals surface area contributed by atoms with Crippen molar-refractivity contribution in [2.75, 3.05) is 31.3 Å². The molecule has 1 aliphatic heterocycles. The summed E-state index contributed by atoms with van der Waals surface area (Å²) in [5.74, 6) is 1.69. The lowest BCUT2D eigenvalue weighted by Crippen LogP contribution is -2.37. The van der Waals surface area contributed by atoms with Crippen LogP contribution < -0.4 is 5.32 Å². The van der Waals surface area contributed by atoms with Crippen LogP contribution in [0.4, 0.5) is 0 Å². The summed E-state index contributed by atoms with van der Waals surface area (Å²) < 4.78 is 22.2. The molecule has 0 unspecified atom stereocenters.